The van der Waals surface area contributed by atoms with Crippen LogP contribution in [-0.4, -0.2) is 56.9 Å². The molecule has 1 N–H and O–H groups in total. The molecule has 1 saturated heterocycles. The van der Waals surface area contributed by atoms with Gasteiger partial charge in [-0.1, -0.05) is 32.0 Å². The first kappa shape index (κ1) is 23.8. The Labute approximate surface area is 188 Å². The predicted molar refractivity (Wildman–Crippen MR) is 124 cm³/mol. The summed E-state index contributed by atoms with van der Waals surface area (Å²) >= 11 is 1.39. The average molecular weight is 483 g/mol. The molecular weight excluding hydrogens is 456 g/mol. The number of carbonyl (C=O) groups excluding carboxylic acids is 1. The predicted octanol–water partition coefficient (Wildman–Crippen LogP) is 3.25. The lowest BCUT2D eigenvalue weighted by Crippen LogP contribution is -2.30. The van der Waals surface area contributed by atoms with Crippen LogP contribution in [0.2, 0.25) is 0 Å². The Hall–Kier alpha value is -1.88. The van der Waals surface area contributed by atoms with Gasteiger partial charge in [0.05, 0.1) is 22.0 Å². The third kappa shape index (κ3) is 5.68. The number of nitrogens with zero attached hydrogens (tertiary/aromatic N) is 1. The van der Waals surface area contributed by atoms with E-state index in [4.69, 9.17) is 0 Å². The molecule has 10 heteroatoms. The van der Waals surface area contributed by atoms with Gasteiger partial charge >= 0.3 is 0 Å². The van der Waals surface area contributed by atoms with Crippen molar-refractivity contribution in [1.29, 1.82) is 0 Å². The van der Waals surface area contributed by atoms with E-state index < -0.39 is 19.9 Å². The second-order valence-corrected chi connectivity index (χ2v) is 12.7. The number of rotatable bonds is 8. The van der Waals surface area contributed by atoms with Gasteiger partial charge in [0.1, 0.15) is 0 Å². The number of amides is 1. The summed E-state index contributed by atoms with van der Waals surface area (Å²) in [6, 6.07) is 13.2. The Morgan fingerprint density at radius 3 is 2.48 bits per heavy atom. The Kier molecular flexibility index (Phi) is 7.46. The van der Waals surface area contributed by atoms with E-state index in [1.165, 1.54) is 28.2 Å². The molecule has 1 unspecified atom stereocenters. The van der Waals surface area contributed by atoms with Gasteiger partial charge in [-0.3, -0.25) is 4.79 Å². The van der Waals surface area contributed by atoms with Crippen molar-refractivity contribution >= 4 is 43.2 Å². The fourth-order valence-electron chi connectivity index (χ4n) is 3.44. The zero-order valence-electron chi connectivity index (χ0n) is 17.4. The van der Waals surface area contributed by atoms with Crippen LogP contribution in [0.5, 0.6) is 0 Å². The summed E-state index contributed by atoms with van der Waals surface area (Å²) in [7, 11) is -6.65. The molecule has 0 bridgehead atoms. The smallest absolute Gasteiger partial charge is 0.256 e. The number of anilines is 1. The van der Waals surface area contributed by atoms with Gasteiger partial charge in [-0.15, -0.1) is 11.8 Å². The van der Waals surface area contributed by atoms with Gasteiger partial charge in [-0.2, -0.15) is 4.31 Å². The van der Waals surface area contributed by atoms with Gasteiger partial charge in [0.15, 0.2) is 9.84 Å². The molecule has 0 radical (unpaired) electrons. The summed E-state index contributed by atoms with van der Waals surface area (Å²) in [4.78, 5) is 13.8. The van der Waals surface area contributed by atoms with E-state index in [9.17, 15) is 21.6 Å². The SMILES string of the molecule is CCN(CC)S(=O)(=O)c1cccc(NC(=O)c2ccccc2SC2CCS(=O)(=O)C2)c1. The highest BCUT2D eigenvalue weighted by Gasteiger charge is 2.29. The summed E-state index contributed by atoms with van der Waals surface area (Å²) < 4.78 is 50.4. The number of hydrogen-bond acceptors (Lipinski definition) is 6. The summed E-state index contributed by atoms with van der Waals surface area (Å²) in [5, 5.41) is 2.69. The lowest BCUT2D eigenvalue weighted by molar-refractivity contribution is 0.102. The number of thioether (sulfide) groups is 1. The van der Waals surface area contributed by atoms with E-state index in [-0.39, 0.29) is 27.6 Å². The average Bonchev–Trinajstić information content (AvgIpc) is 3.07. The first-order chi connectivity index (χ1) is 14.7. The van der Waals surface area contributed by atoms with E-state index in [1.54, 1.807) is 50.2 Å². The quantitative estimate of drug-likeness (QED) is 0.620. The highest BCUT2D eigenvalue weighted by Crippen LogP contribution is 2.33. The third-order valence-corrected chi connectivity index (χ3v) is 10.4. The Morgan fingerprint density at radius 1 is 1.13 bits per heavy atom. The lowest BCUT2D eigenvalue weighted by atomic mass is 10.2. The molecule has 3 rings (SSSR count). The summed E-state index contributed by atoms with van der Waals surface area (Å²) in [6.45, 7) is 4.27. The number of benzene rings is 2. The monoisotopic (exact) mass is 482 g/mol. The van der Waals surface area contributed by atoms with Crippen LogP contribution in [0.15, 0.2) is 58.3 Å². The summed E-state index contributed by atoms with van der Waals surface area (Å²) in [5.74, 6) is -0.0903. The fourth-order valence-corrected chi connectivity index (χ4v) is 8.57. The van der Waals surface area contributed by atoms with Crippen molar-refractivity contribution in [1.82, 2.24) is 4.31 Å². The molecule has 0 aliphatic carbocycles. The van der Waals surface area contributed by atoms with Gasteiger partial charge in [-0.25, -0.2) is 16.8 Å². The van der Waals surface area contributed by atoms with E-state index in [0.717, 1.165) is 0 Å². The molecule has 0 spiro atoms. The van der Waals surface area contributed by atoms with Crippen LogP contribution in [0.1, 0.15) is 30.6 Å². The van der Waals surface area contributed by atoms with Crippen LogP contribution in [0.25, 0.3) is 0 Å². The molecular formula is C21H26N2O5S3. The van der Waals surface area contributed by atoms with E-state index >= 15 is 0 Å². The van der Waals surface area contributed by atoms with E-state index in [1.807, 2.05) is 0 Å². The summed E-state index contributed by atoms with van der Waals surface area (Å²) in [5.41, 5.74) is 0.801. The molecule has 0 aromatic heterocycles. The van der Waals surface area contributed by atoms with Gasteiger partial charge in [0, 0.05) is 28.9 Å². The van der Waals surface area contributed by atoms with Gasteiger partial charge in [0.2, 0.25) is 10.0 Å². The topological polar surface area (TPSA) is 101 Å². The molecule has 0 saturated carbocycles. The second-order valence-electron chi connectivity index (χ2n) is 7.21. The number of carbonyl (C=O) groups is 1. The van der Waals surface area contributed by atoms with Crippen LogP contribution in [0.3, 0.4) is 0 Å². The van der Waals surface area contributed by atoms with Crippen LogP contribution in [0.4, 0.5) is 5.69 Å². The zero-order valence-corrected chi connectivity index (χ0v) is 19.9. The minimum atomic E-state index is -3.64. The van der Waals surface area contributed by atoms with Crippen molar-refractivity contribution in [2.24, 2.45) is 0 Å². The minimum absolute atomic E-state index is 0.0820. The van der Waals surface area contributed by atoms with Crippen molar-refractivity contribution in [2.45, 2.75) is 35.3 Å². The molecule has 1 heterocycles. The molecule has 7 nitrogen and oxygen atoms in total. The van der Waals surface area contributed by atoms with Crippen LogP contribution < -0.4 is 5.32 Å². The van der Waals surface area contributed by atoms with E-state index in [2.05, 4.69) is 5.32 Å². The number of sulfone groups is 1. The van der Waals surface area contributed by atoms with Crippen LogP contribution >= 0.6 is 11.8 Å². The number of nitrogens with one attached hydrogen (secondary N) is 1. The zero-order chi connectivity index (χ0) is 22.6. The third-order valence-electron chi connectivity index (χ3n) is 5.05. The standard InChI is InChI=1S/C21H26N2O5S3/c1-3-23(4-2)31(27,28)18-9-7-8-16(14-18)22-21(24)19-10-5-6-11-20(19)29-17-12-13-30(25,26)15-17/h5-11,14,17H,3-4,12-13,15H2,1-2H3,(H,22,24). The largest absolute Gasteiger partial charge is 0.322 e. The number of sulfonamides is 1. The Morgan fingerprint density at radius 2 is 1.84 bits per heavy atom. The van der Waals surface area contributed by atoms with Crippen molar-refractivity contribution in [2.75, 3.05) is 29.9 Å². The molecule has 1 amide bonds. The van der Waals surface area contributed by atoms with Crippen LogP contribution in [-0.2, 0) is 19.9 Å². The molecule has 1 atom stereocenters. The van der Waals surface area contributed by atoms with Crippen molar-refractivity contribution in [3.63, 3.8) is 0 Å². The first-order valence-corrected chi connectivity index (χ1v) is 14.2. The molecule has 2 aromatic rings. The van der Waals surface area contributed by atoms with Gasteiger partial charge in [0.25, 0.3) is 5.91 Å². The highest BCUT2D eigenvalue weighted by molar-refractivity contribution is 8.02. The molecule has 1 fully saturated rings. The van der Waals surface area contributed by atoms with Crippen LogP contribution in [0, 0.1) is 0 Å². The minimum Gasteiger partial charge on any atom is -0.322 e. The van der Waals surface area contributed by atoms with Crippen molar-refractivity contribution in [3.8, 4) is 0 Å². The first-order valence-electron chi connectivity index (χ1n) is 10.0. The maximum Gasteiger partial charge on any atom is 0.256 e. The van der Waals surface area contributed by atoms with Gasteiger partial charge in [-0.05, 0) is 36.8 Å². The molecule has 1 aliphatic heterocycles. The van der Waals surface area contributed by atoms with Crippen molar-refractivity contribution in [3.05, 3.63) is 54.1 Å². The lowest BCUT2D eigenvalue weighted by Gasteiger charge is -2.19. The highest BCUT2D eigenvalue weighted by atomic mass is 32.2. The fraction of sp³-hybridized carbons (Fsp3) is 0.381. The molecule has 1 aliphatic rings. The molecule has 168 valence electrons. The van der Waals surface area contributed by atoms with Crippen molar-refractivity contribution < 1.29 is 21.6 Å². The normalized spacial score (nSPS) is 18.2. The Bertz CT molecular complexity index is 1160. The van der Waals surface area contributed by atoms with Gasteiger partial charge < -0.3 is 5.32 Å². The second kappa shape index (κ2) is 9.72. The van der Waals surface area contributed by atoms with E-state index in [0.29, 0.717) is 35.7 Å². The molecule has 2 aromatic carbocycles. The molecule has 31 heavy (non-hydrogen) atoms. The number of hydrogen-bond donors (Lipinski definition) is 1. The summed E-state index contributed by atoms with van der Waals surface area (Å²) in [6.07, 6.45) is 0.564. The Balaban J connectivity index is 1.80. The maximum absolute atomic E-state index is 12.9. The maximum atomic E-state index is 12.9.